The molecule has 0 radical (unpaired) electrons. The predicted octanol–water partition coefficient (Wildman–Crippen LogP) is 2.55. The molecule has 1 aliphatic rings. The van der Waals surface area contributed by atoms with Crippen LogP contribution in [0.25, 0.3) is 0 Å². The van der Waals surface area contributed by atoms with Gasteiger partial charge in [-0.05, 0) is 32.4 Å². The summed E-state index contributed by atoms with van der Waals surface area (Å²) < 4.78 is 0. The summed E-state index contributed by atoms with van der Waals surface area (Å²) in [5.41, 5.74) is 0. The van der Waals surface area contributed by atoms with Crippen LogP contribution in [0, 0.1) is 11.3 Å². The molecule has 0 N–H and O–H groups in total. The van der Waals surface area contributed by atoms with Gasteiger partial charge in [0.25, 0.3) is 0 Å². The van der Waals surface area contributed by atoms with Crippen molar-refractivity contribution in [2.75, 3.05) is 13.1 Å². The number of nitrogens with zero attached hydrogens (tertiary/aromatic N) is 2. The van der Waals surface area contributed by atoms with Crippen LogP contribution in [0.5, 0.6) is 0 Å². The van der Waals surface area contributed by atoms with Crippen LogP contribution in [-0.2, 0) is 0 Å². The molecule has 74 valence electrons. The van der Waals surface area contributed by atoms with Gasteiger partial charge in [0.15, 0.2) is 0 Å². The lowest BCUT2D eigenvalue weighted by Crippen LogP contribution is -2.36. The van der Waals surface area contributed by atoms with Gasteiger partial charge in [-0.15, -0.1) is 0 Å². The summed E-state index contributed by atoms with van der Waals surface area (Å²) in [7, 11) is 0. The molecule has 2 heteroatoms. The van der Waals surface area contributed by atoms with Crippen molar-refractivity contribution in [2.45, 2.75) is 51.5 Å². The Morgan fingerprint density at radius 1 is 1.15 bits per heavy atom. The summed E-state index contributed by atoms with van der Waals surface area (Å²) >= 11 is 0. The van der Waals surface area contributed by atoms with Gasteiger partial charge in [0, 0.05) is 0 Å². The minimum atomic E-state index is 0.165. The Labute approximate surface area is 81.5 Å². The Bertz CT molecular complexity index is 163. The lowest BCUT2D eigenvalue weighted by atomic mass is 10.1. The fraction of sp³-hybridized carbons (Fsp3) is 0.909. The first-order valence-corrected chi connectivity index (χ1v) is 5.52. The van der Waals surface area contributed by atoms with Crippen LogP contribution >= 0.6 is 0 Å². The van der Waals surface area contributed by atoms with Crippen molar-refractivity contribution in [1.82, 2.24) is 4.90 Å². The molecule has 0 aromatic carbocycles. The summed E-state index contributed by atoms with van der Waals surface area (Å²) in [5, 5.41) is 8.95. The first-order chi connectivity index (χ1) is 6.38. The van der Waals surface area contributed by atoms with E-state index in [-0.39, 0.29) is 6.04 Å². The largest absolute Gasteiger partial charge is 0.288 e. The van der Waals surface area contributed by atoms with Crippen LogP contribution < -0.4 is 0 Å². The normalized spacial score (nSPS) is 22.8. The molecule has 1 saturated heterocycles. The molecule has 1 unspecified atom stereocenters. The highest BCUT2D eigenvalue weighted by Gasteiger charge is 2.16. The molecule has 0 bridgehead atoms. The number of nitriles is 1. The van der Waals surface area contributed by atoms with Crippen LogP contribution in [0.1, 0.15) is 45.4 Å². The average molecular weight is 180 g/mol. The first-order valence-electron chi connectivity index (χ1n) is 5.52. The highest BCUT2D eigenvalue weighted by atomic mass is 15.1. The third-order valence-electron chi connectivity index (χ3n) is 2.87. The van der Waals surface area contributed by atoms with Crippen LogP contribution in [0.3, 0.4) is 0 Å². The third-order valence-corrected chi connectivity index (χ3v) is 2.87. The minimum Gasteiger partial charge on any atom is -0.288 e. The second kappa shape index (κ2) is 5.99. The standard InChI is InChI=1S/C11H20N2/c1-2-11(10-12)13-8-6-4-3-5-7-9-13/h11H,2-9H2,1H3. The zero-order valence-corrected chi connectivity index (χ0v) is 8.63. The molecule has 1 atom stereocenters. The second-order valence-corrected chi connectivity index (χ2v) is 3.86. The maximum absolute atomic E-state index is 8.95. The Hall–Kier alpha value is -0.550. The van der Waals surface area contributed by atoms with Gasteiger partial charge in [-0.25, -0.2) is 0 Å². The summed E-state index contributed by atoms with van der Waals surface area (Å²) in [6.07, 6.45) is 7.60. The van der Waals surface area contributed by atoms with E-state index in [0.29, 0.717) is 0 Å². The molecule has 1 aliphatic heterocycles. The van der Waals surface area contributed by atoms with E-state index in [1.165, 1.54) is 32.1 Å². The third kappa shape index (κ3) is 3.36. The van der Waals surface area contributed by atoms with Gasteiger partial charge in [-0.1, -0.05) is 26.2 Å². The first kappa shape index (κ1) is 10.5. The molecule has 0 amide bonds. The van der Waals surface area contributed by atoms with Crippen LogP contribution in [0.4, 0.5) is 0 Å². The Morgan fingerprint density at radius 2 is 1.69 bits per heavy atom. The topological polar surface area (TPSA) is 27.0 Å². The quantitative estimate of drug-likeness (QED) is 0.653. The summed E-state index contributed by atoms with van der Waals surface area (Å²) in [4.78, 5) is 2.36. The predicted molar refractivity (Wildman–Crippen MR) is 54.4 cm³/mol. The molecule has 1 fully saturated rings. The molecule has 0 spiro atoms. The van der Waals surface area contributed by atoms with Crippen LogP contribution in [-0.4, -0.2) is 24.0 Å². The Morgan fingerprint density at radius 3 is 2.15 bits per heavy atom. The van der Waals surface area contributed by atoms with Crippen molar-refractivity contribution >= 4 is 0 Å². The average Bonchev–Trinajstić information content (AvgIpc) is 2.09. The maximum atomic E-state index is 8.95. The van der Waals surface area contributed by atoms with Crippen LogP contribution in [0.2, 0.25) is 0 Å². The van der Waals surface area contributed by atoms with E-state index < -0.39 is 0 Å². The number of hydrogen-bond acceptors (Lipinski definition) is 2. The maximum Gasteiger partial charge on any atom is 0.0975 e. The molecule has 2 nitrogen and oxygen atoms in total. The van der Waals surface area contributed by atoms with Gasteiger partial charge in [0.05, 0.1) is 12.1 Å². The molecule has 13 heavy (non-hydrogen) atoms. The number of likely N-dealkylation sites (tertiary alicyclic amines) is 1. The molecular formula is C11H20N2. The molecule has 0 aliphatic carbocycles. The highest BCUT2D eigenvalue weighted by molar-refractivity contribution is 4.90. The molecule has 0 aromatic rings. The smallest absolute Gasteiger partial charge is 0.0975 e. The molecular weight excluding hydrogens is 160 g/mol. The van der Waals surface area contributed by atoms with Crippen LogP contribution in [0.15, 0.2) is 0 Å². The molecule has 0 saturated carbocycles. The van der Waals surface area contributed by atoms with E-state index in [4.69, 9.17) is 5.26 Å². The zero-order chi connectivity index (χ0) is 9.52. The fourth-order valence-corrected chi connectivity index (χ4v) is 2.01. The Kier molecular flexibility index (Phi) is 4.85. The molecule has 0 aromatic heterocycles. The van der Waals surface area contributed by atoms with Gasteiger partial charge in [-0.2, -0.15) is 5.26 Å². The molecule has 1 rings (SSSR count). The second-order valence-electron chi connectivity index (χ2n) is 3.86. The summed E-state index contributed by atoms with van der Waals surface area (Å²) in [6, 6.07) is 2.56. The van der Waals surface area contributed by atoms with Crippen molar-refractivity contribution in [3.8, 4) is 6.07 Å². The van der Waals surface area contributed by atoms with Gasteiger partial charge in [-0.3, -0.25) is 4.90 Å². The van der Waals surface area contributed by atoms with Gasteiger partial charge in [0.1, 0.15) is 0 Å². The number of rotatable bonds is 2. The lowest BCUT2D eigenvalue weighted by molar-refractivity contribution is 0.208. The highest BCUT2D eigenvalue weighted by Crippen LogP contribution is 2.13. The van der Waals surface area contributed by atoms with Crippen molar-refractivity contribution in [3.05, 3.63) is 0 Å². The van der Waals surface area contributed by atoms with Crippen molar-refractivity contribution < 1.29 is 0 Å². The van der Waals surface area contributed by atoms with E-state index in [0.717, 1.165) is 19.5 Å². The minimum absolute atomic E-state index is 0.165. The van der Waals surface area contributed by atoms with Gasteiger partial charge >= 0.3 is 0 Å². The van der Waals surface area contributed by atoms with Gasteiger partial charge < -0.3 is 0 Å². The zero-order valence-electron chi connectivity index (χ0n) is 8.63. The van der Waals surface area contributed by atoms with E-state index >= 15 is 0 Å². The fourth-order valence-electron chi connectivity index (χ4n) is 2.01. The van der Waals surface area contributed by atoms with E-state index in [2.05, 4.69) is 17.9 Å². The van der Waals surface area contributed by atoms with E-state index in [1.54, 1.807) is 0 Å². The Balaban J connectivity index is 2.40. The van der Waals surface area contributed by atoms with Gasteiger partial charge in [0.2, 0.25) is 0 Å². The molecule has 1 heterocycles. The summed E-state index contributed by atoms with van der Waals surface area (Å²) in [5.74, 6) is 0. The van der Waals surface area contributed by atoms with E-state index in [1.807, 2.05) is 0 Å². The van der Waals surface area contributed by atoms with Crippen molar-refractivity contribution in [3.63, 3.8) is 0 Å². The number of hydrogen-bond donors (Lipinski definition) is 0. The SMILES string of the molecule is CCC(C#N)N1CCCCCCC1. The monoisotopic (exact) mass is 180 g/mol. The van der Waals surface area contributed by atoms with E-state index in [9.17, 15) is 0 Å². The van der Waals surface area contributed by atoms with Crippen molar-refractivity contribution in [2.24, 2.45) is 0 Å². The lowest BCUT2D eigenvalue weighted by Gasteiger charge is -2.27. The summed E-state index contributed by atoms with van der Waals surface area (Å²) in [6.45, 7) is 4.37. The van der Waals surface area contributed by atoms with Crippen molar-refractivity contribution in [1.29, 1.82) is 5.26 Å².